The highest BCUT2D eigenvalue weighted by molar-refractivity contribution is 5.70. The van der Waals surface area contributed by atoms with E-state index in [4.69, 9.17) is 5.73 Å². The van der Waals surface area contributed by atoms with Gasteiger partial charge in [-0.2, -0.15) is 4.98 Å². The zero-order chi connectivity index (χ0) is 15.6. The summed E-state index contributed by atoms with van der Waals surface area (Å²) in [5.41, 5.74) is 6.38. The quantitative estimate of drug-likeness (QED) is 0.546. The summed E-state index contributed by atoms with van der Waals surface area (Å²) < 4.78 is 1.70. The monoisotopic (exact) mass is 293 g/mol. The molecule has 2 rings (SSSR count). The highest BCUT2D eigenvalue weighted by Crippen LogP contribution is 2.28. The van der Waals surface area contributed by atoms with Gasteiger partial charge in [-0.25, -0.2) is 4.98 Å². The van der Waals surface area contributed by atoms with Gasteiger partial charge in [0.15, 0.2) is 11.2 Å². The number of fused-ring (bicyclic) bond motifs is 1. The predicted octanol–water partition coefficient (Wildman–Crippen LogP) is -0.190. The lowest BCUT2D eigenvalue weighted by Gasteiger charge is -2.24. The first-order valence-electron chi connectivity index (χ1n) is 6.66. The van der Waals surface area contributed by atoms with E-state index in [9.17, 15) is 15.0 Å². The fourth-order valence-electron chi connectivity index (χ4n) is 2.37. The topological polar surface area (TPSA) is 130 Å². The van der Waals surface area contributed by atoms with Gasteiger partial charge >= 0.3 is 0 Å². The summed E-state index contributed by atoms with van der Waals surface area (Å²) in [6.07, 6.45) is 2.15. The van der Waals surface area contributed by atoms with E-state index in [2.05, 4.69) is 21.5 Å². The number of aliphatic hydroxyl groups is 2. The smallest absolute Gasteiger partial charge is 0.280 e. The van der Waals surface area contributed by atoms with Gasteiger partial charge in [0.05, 0.1) is 25.6 Å². The van der Waals surface area contributed by atoms with Crippen molar-refractivity contribution in [1.82, 2.24) is 19.5 Å². The summed E-state index contributed by atoms with van der Waals surface area (Å²) in [4.78, 5) is 22.3. The van der Waals surface area contributed by atoms with Crippen LogP contribution >= 0.6 is 0 Å². The Morgan fingerprint density at radius 3 is 2.76 bits per heavy atom. The molecular weight excluding hydrogens is 274 g/mol. The Bertz CT molecular complexity index is 701. The number of nitrogens with one attached hydrogen (secondary N) is 1. The normalized spacial score (nSPS) is 13.0. The van der Waals surface area contributed by atoms with Crippen molar-refractivity contribution < 1.29 is 10.2 Å². The van der Waals surface area contributed by atoms with Crippen LogP contribution in [0, 0.1) is 5.92 Å². The maximum absolute atomic E-state index is 11.8. The van der Waals surface area contributed by atoms with Crippen LogP contribution in [0.1, 0.15) is 19.4 Å². The second-order valence-corrected chi connectivity index (χ2v) is 4.84. The fraction of sp³-hybridized carbons (Fsp3) is 0.462. The number of hydrogen-bond acceptors (Lipinski definition) is 6. The molecule has 0 bridgehead atoms. The summed E-state index contributed by atoms with van der Waals surface area (Å²) in [5, 5.41) is 18.6. The molecule has 114 valence electrons. The molecule has 0 amide bonds. The molecule has 0 radical (unpaired) electrons. The molecule has 5 N–H and O–H groups in total. The first-order chi connectivity index (χ1) is 10.0. The van der Waals surface area contributed by atoms with Crippen LogP contribution < -0.4 is 11.3 Å². The van der Waals surface area contributed by atoms with Gasteiger partial charge < -0.3 is 20.5 Å². The first-order valence-corrected chi connectivity index (χ1v) is 6.66. The SMILES string of the molecule is C=C(C(CO)CO)[C@H](CC)n1cnc2c(=O)[nH]c(N)nc21. The third-order valence-electron chi connectivity index (χ3n) is 3.57. The second-order valence-electron chi connectivity index (χ2n) is 4.84. The van der Waals surface area contributed by atoms with E-state index in [-0.39, 0.29) is 30.7 Å². The molecule has 1 atom stereocenters. The van der Waals surface area contributed by atoms with Crippen LogP contribution in [0.4, 0.5) is 5.95 Å². The Morgan fingerprint density at radius 1 is 1.52 bits per heavy atom. The second kappa shape index (κ2) is 6.06. The molecule has 0 aromatic carbocycles. The molecular formula is C13H19N5O3. The van der Waals surface area contributed by atoms with Gasteiger partial charge in [-0.3, -0.25) is 9.78 Å². The van der Waals surface area contributed by atoms with Gasteiger partial charge in [0.25, 0.3) is 5.56 Å². The molecule has 2 aromatic rings. The van der Waals surface area contributed by atoms with Crippen LogP contribution in [-0.2, 0) is 0 Å². The van der Waals surface area contributed by atoms with Crippen LogP contribution in [0.2, 0.25) is 0 Å². The standard InChI is InChI=1S/C13H19N5O3/c1-3-9(7(2)8(4-19)5-20)18-6-15-10-11(18)16-13(14)17-12(10)21/h6,8-9,19-20H,2-5H2,1H3,(H3,14,16,17,21)/t9-/m0/s1. The van der Waals surface area contributed by atoms with Crippen LogP contribution in [-0.4, -0.2) is 42.9 Å². The molecule has 0 saturated carbocycles. The summed E-state index contributed by atoms with van der Waals surface area (Å²) in [6, 6.07) is -0.243. The average molecular weight is 293 g/mol. The molecule has 8 nitrogen and oxygen atoms in total. The van der Waals surface area contributed by atoms with Crippen LogP contribution in [0.3, 0.4) is 0 Å². The number of nitrogens with two attached hydrogens (primary N) is 1. The van der Waals surface area contributed by atoms with E-state index in [0.717, 1.165) is 0 Å². The van der Waals surface area contributed by atoms with Crippen molar-refractivity contribution in [3.63, 3.8) is 0 Å². The summed E-state index contributed by atoms with van der Waals surface area (Å²) in [7, 11) is 0. The molecule has 0 spiro atoms. The third-order valence-corrected chi connectivity index (χ3v) is 3.57. The van der Waals surface area contributed by atoms with Gasteiger partial charge in [0.1, 0.15) is 0 Å². The molecule has 0 aliphatic rings. The van der Waals surface area contributed by atoms with Gasteiger partial charge in [-0.05, 0) is 12.0 Å². The predicted molar refractivity (Wildman–Crippen MR) is 78.7 cm³/mol. The van der Waals surface area contributed by atoms with Gasteiger partial charge in [-0.15, -0.1) is 0 Å². The summed E-state index contributed by atoms with van der Waals surface area (Å²) in [6.45, 7) is 5.50. The van der Waals surface area contributed by atoms with Crippen LogP contribution in [0.25, 0.3) is 11.2 Å². The molecule has 2 heterocycles. The Morgan fingerprint density at radius 2 is 2.19 bits per heavy atom. The molecule has 2 aromatic heterocycles. The highest BCUT2D eigenvalue weighted by atomic mass is 16.3. The number of aliphatic hydroxyl groups excluding tert-OH is 2. The minimum Gasteiger partial charge on any atom is -0.396 e. The Hall–Kier alpha value is -2.19. The minimum atomic E-state index is -0.438. The largest absolute Gasteiger partial charge is 0.396 e. The molecule has 0 aliphatic carbocycles. The van der Waals surface area contributed by atoms with Crippen molar-refractivity contribution in [2.45, 2.75) is 19.4 Å². The maximum atomic E-state index is 11.8. The Kier molecular flexibility index (Phi) is 4.39. The third kappa shape index (κ3) is 2.67. The number of nitrogen functional groups attached to an aromatic ring is 1. The number of imidazole rings is 1. The van der Waals surface area contributed by atoms with Crippen molar-refractivity contribution in [2.75, 3.05) is 18.9 Å². The van der Waals surface area contributed by atoms with Crippen LogP contribution in [0.5, 0.6) is 0 Å². The number of anilines is 1. The summed E-state index contributed by atoms with van der Waals surface area (Å²) >= 11 is 0. The first kappa shape index (κ1) is 15.2. The Labute approximate surface area is 121 Å². The van der Waals surface area contributed by atoms with Crippen LogP contribution in [0.15, 0.2) is 23.3 Å². The van der Waals surface area contributed by atoms with Crippen molar-refractivity contribution in [2.24, 2.45) is 5.92 Å². The van der Waals surface area contributed by atoms with Gasteiger partial charge in [-0.1, -0.05) is 13.5 Å². The van der Waals surface area contributed by atoms with E-state index in [1.54, 1.807) is 4.57 Å². The molecule has 0 saturated heterocycles. The minimum absolute atomic E-state index is 0.00980. The highest BCUT2D eigenvalue weighted by Gasteiger charge is 2.23. The van der Waals surface area contributed by atoms with Gasteiger partial charge in [0, 0.05) is 5.92 Å². The lowest BCUT2D eigenvalue weighted by atomic mass is 9.93. The number of aromatic amines is 1. The zero-order valence-corrected chi connectivity index (χ0v) is 11.8. The van der Waals surface area contributed by atoms with Crippen molar-refractivity contribution in [1.29, 1.82) is 0 Å². The molecule has 21 heavy (non-hydrogen) atoms. The summed E-state index contributed by atoms with van der Waals surface area (Å²) in [5.74, 6) is -0.428. The maximum Gasteiger partial charge on any atom is 0.280 e. The number of aromatic nitrogens is 4. The fourth-order valence-corrected chi connectivity index (χ4v) is 2.37. The lowest BCUT2D eigenvalue weighted by Crippen LogP contribution is -2.22. The van der Waals surface area contributed by atoms with E-state index < -0.39 is 11.5 Å². The van der Waals surface area contributed by atoms with Crippen molar-refractivity contribution in [3.05, 3.63) is 28.8 Å². The molecule has 0 fully saturated rings. The zero-order valence-electron chi connectivity index (χ0n) is 11.8. The molecule has 0 aliphatic heterocycles. The Balaban J connectivity index is 2.53. The lowest BCUT2D eigenvalue weighted by molar-refractivity contribution is 0.164. The van der Waals surface area contributed by atoms with E-state index in [1.807, 2.05) is 6.92 Å². The number of rotatable bonds is 6. The number of H-pyrrole nitrogens is 1. The molecule has 8 heteroatoms. The average Bonchev–Trinajstić information content (AvgIpc) is 2.85. The van der Waals surface area contributed by atoms with E-state index in [0.29, 0.717) is 17.6 Å². The van der Waals surface area contributed by atoms with Gasteiger partial charge in [0.2, 0.25) is 5.95 Å². The van der Waals surface area contributed by atoms with E-state index >= 15 is 0 Å². The number of hydrogen-bond donors (Lipinski definition) is 4. The van der Waals surface area contributed by atoms with Crippen molar-refractivity contribution >= 4 is 17.1 Å². The van der Waals surface area contributed by atoms with E-state index in [1.165, 1.54) is 6.33 Å². The van der Waals surface area contributed by atoms with Crippen molar-refractivity contribution in [3.8, 4) is 0 Å². The molecule has 0 unspecified atom stereocenters. The number of nitrogens with zero attached hydrogens (tertiary/aromatic N) is 3.